The zero-order chi connectivity index (χ0) is 21.4. The number of hydrogen-bond acceptors (Lipinski definition) is 10. The van der Waals surface area contributed by atoms with E-state index < -0.39 is 36.0 Å². The summed E-state index contributed by atoms with van der Waals surface area (Å²) in [7, 11) is -4.68. The molecule has 1 aliphatic heterocycles. The van der Waals surface area contributed by atoms with Crippen LogP contribution in [0.4, 0.5) is 10.7 Å². The zero-order valence-electron chi connectivity index (χ0n) is 15.5. The normalized spacial score (nSPS) is 16.0. The maximum atomic E-state index is 12.6. The number of likely N-dealkylation sites (N-methyl/N-ethyl adjacent to an activating group) is 1. The number of methoxy groups -OCH3 is 2. The molecule has 3 heterocycles. The second kappa shape index (κ2) is 7.45. The number of ether oxygens (including phenoxy) is 2. The molecule has 16 heteroatoms. The Kier molecular flexibility index (Phi) is 5.33. The Balaban J connectivity index is 1.86. The first-order valence-corrected chi connectivity index (χ1v) is 10.8. The fourth-order valence-corrected chi connectivity index (χ4v) is 5.34. The number of hydrogen-bond donors (Lipinski definition) is 2. The second-order valence-electron chi connectivity index (χ2n) is 5.70. The van der Waals surface area contributed by atoms with Crippen molar-refractivity contribution in [3.05, 3.63) is 12.3 Å². The van der Waals surface area contributed by atoms with Gasteiger partial charge >= 0.3 is 6.03 Å². The molecule has 2 aromatic rings. The monoisotopic (exact) mass is 447 g/mol. The van der Waals surface area contributed by atoms with Crippen LogP contribution >= 0.6 is 0 Å². The van der Waals surface area contributed by atoms with Crippen molar-refractivity contribution in [2.45, 2.75) is 16.5 Å². The van der Waals surface area contributed by atoms with Crippen LogP contribution in [0.3, 0.4) is 0 Å². The Hall–Kier alpha value is -2.98. The van der Waals surface area contributed by atoms with E-state index in [1.807, 2.05) is 0 Å². The number of urea groups is 1. The summed E-state index contributed by atoms with van der Waals surface area (Å²) >= 11 is 0. The fourth-order valence-electron chi connectivity index (χ4n) is 2.44. The predicted octanol–water partition coefficient (Wildman–Crippen LogP) is -1.17. The van der Waals surface area contributed by atoms with Crippen LogP contribution < -0.4 is 19.5 Å². The molecule has 29 heavy (non-hydrogen) atoms. The Morgan fingerprint density at radius 3 is 2.38 bits per heavy atom. The first kappa shape index (κ1) is 20.7. The van der Waals surface area contributed by atoms with Crippen molar-refractivity contribution in [2.24, 2.45) is 0 Å². The second-order valence-corrected chi connectivity index (χ2v) is 9.31. The molecule has 0 saturated heterocycles. The van der Waals surface area contributed by atoms with Crippen LogP contribution in [0.1, 0.15) is 0 Å². The van der Waals surface area contributed by atoms with E-state index in [2.05, 4.69) is 20.4 Å². The molecule has 2 N–H and O–H groups in total. The van der Waals surface area contributed by atoms with Gasteiger partial charge in [-0.3, -0.25) is 10.00 Å². The SMILES string of the molecule is COc1cc(OC)nc(NC(=O)NS(=O)(=O)c2cnn3c2S(=O)(=O)N(C)CC3)n1. The van der Waals surface area contributed by atoms with Gasteiger partial charge in [-0.2, -0.15) is 19.4 Å². The number of sulfonamides is 2. The van der Waals surface area contributed by atoms with Crippen molar-refractivity contribution in [2.75, 3.05) is 33.1 Å². The molecule has 0 radical (unpaired) electrons. The van der Waals surface area contributed by atoms with E-state index in [1.54, 1.807) is 4.72 Å². The molecule has 0 bridgehead atoms. The zero-order valence-corrected chi connectivity index (χ0v) is 17.1. The molecule has 0 saturated carbocycles. The van der Waals surface area contributed by atoms with E-state index in [-0.39, 0.29) is 30.8 Å². The van der Waals surface area contributed by atoms with Crippen LogP contribution in [0.25, 0.3) is 0 Å². The summed E-state index contributed by atoms with van der Waals surface area (Å²) in [5, 5.41) is 5.39. The van der Waals surface area contributed by atoms with Gasteiger partial charge in [0.05, 0.1) is 33.0 Å². The van der Waals surface area contributed by atoms with E-state index in [4.69, 9.17) is 9.47 Å². The molecule has 0 fully saturated rings. The molecule has 0 atom stereocenters. The smallest absolute Gasteiger partial charge is 0.335 e. The molecule has 2 aromatic heterocycles. The van der Waals surface area contributed by atoms with E-state index >= 15 is 0 Å². The lowest BCUT2D eigenvalue weighted by atomic mass is 10.6. The van der Waals surface area contributed by atoms with Crippen LogP contribution in [0.5, 0.6) is 11.8 Å². The van der Waals surface area contributed by atoms with E-state index in [0.717, 1.165) is 15.2 Å². The maximum absolute atomic E-state index is 12.6. The number of amides is 2. The first-order chi connectivity index (χ1) is 13.6. The summed E-state index contributed by atoms with van der Waals surface area (Å²) in [5.74, 6) is -0.164. The minimum atomic E-state index is -4.57. The lowest BCUT2D eigenvalue weighted by Gasteiger charge is -2.23. The number of fused-ring (bicyclic) bond motifs is 1. The highest BCUT2D eigenvalue weighted by molar-refractivity contribution is 7.92. The molecule has 2 amide bonds. The van der Waals surface area contributed by atoms with Crippen LogP contribution in [-0.4, -0.2) is 74.7 Å². The molecule has 0 unspecified atom stereocenters. The van der Waals surface area contributed by atoms with Gasteiger partial charge in [0.25, 0.3) is 20.0 Å². The van der Waals surface area contributed by atoms with Crippen molar-refractivity contribution < 1.29 is 31.1 Å². The molecule has 0 aliphatic carbocycles. The van der Waals surface area contributed by atoms with Crippen molar-refractivity contribution in [1.29, 1.82) is 0 Å². The van der Waals surface area contributed by atoms with Crippen LogP contribution in [0, 0.1) is 0 Å². The average molecular weight is 447 g/mol. The van der Waals surface area contributed by atoms with Crippen LogP contribution in [0.15, 0.2) is 22.2 Å². The Labute approximate surface area is 165 Å². The Bertz CT molecular complexity index is 1140. The van der Waals surface area contributed by atoms with Gasteiger partial charge in [-0.05, 0) is 0 Å². The molecule has 14 nitrogen and oxygen atoms in total. The summed E-state index contributed by atoms with van der Waals surface area (Å²) in [6, 6.07) is 0.127. The van der Waals surface area contributed by atoms with Crippen LogP contribution in [-0.2, 0) is 26.6 Å². The summed E-state index contributed by atoms with van der Waals surface area (Å²) < 4.78 is 63.8. The summed E-state index contributed by atoms with van der Waals surface area (Å²) in [6.45, 7) is 0.309. The van der Waals surface area contributed by atoms with Crippen molar-refractivity contribution in [3.8, 4) is 11.8 Å². The highest BCUT2D eigenvalue weighted by atomic mass is 32.2. The van der Waals surface area contributed by atoms with Crippen molar-refractivity contribution in [3.63, 3.8) is 0 Å². The first-order valence-electron chi connectivity index (χ1n) is 7.91. The van der Waals surface area contributed by atoms with Gasteiger partial charge in [-0.15, -0.1) is 0 Å². The van der Waals surface area contributed by atoms with Gasteiger partial charge < -0.3 is 9.47 Å². The van der Waals surface area contributed by atoms with Crippen molar-refractivity contribution in [1.82, 2.24) is 28.8 Å². The number of aromatic nitrogens is 4. The van der Waals surface area contributed by atoms with E-state index in [1.165, 1.54) is 27.3 Å². The predicted molar refractivity (Wildman–Crippen MR) is 96.5 cm³/mol. The Morgan fingerprint density at radius 1 is 1.17 bits per heavy atom. The van der Waals surface area contributed by atoms with E-state index in [0.29, 0.717) is 0 Å². The van der Waals surface area contributed by atoms with Gasteiger partial charge in [0, 0.05) is 13.6 Å². The van der Waals surface area contributed by atoms with Gasteiger partial charge in [-0.1, -0.05) is 0 Å². The standard InChI is InChI=1S/C13H17N7O7S2/c1-19-4-5-20-11(29(19,24)25)8(7-14-20)28(22,23)18-13(21)17-12-15-9(26-2)6-10(16-12)27-3/h6-7H,4-5H2,1-3H3,(H2,15,16,17,18,21). The number of carbonyl (C=O) groups excluding carboxylic acids is 1. The number of carbonyl (C=O) groups is 1. The maximum Gasteiger partial charge on any atom is 0.335 e. The van der Waals surface area contributed by atoms with Crippen LogP contribution in [0.2, 0.25) is 0 Å². The minimum Gasteiger partial charge on any atom is -0.481 e. The molecule has 3 rings (SSSR count). The van der Waals surface area contributed by atoms with Crippen molar-refractivity contribution >= 4 is 32.0 Å². The third kappa shape index (κ3) is 3.94. The van der Waals surface area contributed by atoms with Gasteiger partial charge in [0.1, 0.15) is 4.90 Å². The number of nitrogens with zero attached hydrogens (tertiary/aromatic N) is 5. The fraction of sp³-hybridized carbons (Fsp3) is 0.385. The molecule has 0 aromatic carbocycles. The molecular formula is C13H17N7O7S2. The van der Waals surface area contributed by atoms with E-state index in [9.17, 15) is 21.6 Å². The highest BCUT2D eigenvalue weighted by Gasteiger charge is 2.38. The average Bonchev–Trinajstić information content (AvgIpc) is 3.10. The van der Waals surface area contributed by atoms with Gasteiger partial charge in [0.2, 0.25) is 17.7 Å². The Morgan fingerprint density at radius 2 is 1.79 bits per heavy atom. The molecular weight excluding hydrogens is 430 g/mol. The molecule has 1 aliphatic rings. The quantitative estimate of drug-likeness (QED) is 0.568. The summed E-state index contributed by atoms with van der Waals surface area (Å²) in [5.41, 5.74) is 0. The largest absolute Gasteiger partial charge is 0.481 e. The topological polar surface area (TPSA) is 175 Å². The third-order valence-electron chi connectivity index (χ3n) is 3.88. The van der Waals surface area contributed by atoms with Gasteiger partial charge in [-0.25, -0.2) is 26.4 Å². The molecule has 158 valence electrons. The number of rotatable bonds is 5. The summed E-state index contributed by atoms with van der Waals surface area (Å²) in [6.07, 6.45) is 0.868. The lowest BCUT2D eigenvalue weighted by Crippen LogP contribution is -2.40. The summed E-state index contributed by atoms with van der Waals surface area (Å²) in [4.78, 5) is 19.2. The highest BCUT2D eigenvalue weighted by Crippen LogP contribution is 2.26. The minimum absolute atomic E-state index is 0.0647. The number of anilines is 1. The third-order valence-corrected chi connectivity index (χ3v) is 7.26. The lowest BCUT2D eigenvalue weighted by molar-refractivity contribution is 0.256. The van der Waals surface area contributed by atoms with Gasteiger partial charge in [0.15, 0.2) is 5.03 Å². The number of nitrogens with one attached hydrogen (secondary N) is 2. The molecule has 0 spiro atoms.